The Bertz CT molecular complexity index is 452. The number of nitrogens with one attached hydrogen (secondary N) is 1. The quantitative estimate of drug-likeness (QED) is 0.865. The van der Waals surface area contributed by atoms with Gasteiger partial charge in [0.05, 0.1) is 10.7 Å². The van der Waals surface area contributed by atoms with Crippen molar-refractivity contribution in [1.29, 1.82) is 0 Å². The molecule has 1 aliphatic rings. The molecule has 1 N–H and O–H groups in total. The summed E-state index contributed by atoms with van der Waals surface area (Å²) in [6, 6.07) is 0.441. The van der Waals surface area contributed by atoms with Crippen molar-refractivity contribution < 1.29 is 4.79 Å². The Balaban J connectivity index is 1.69. The Kier molecular flexibility index (Phi) is 6.14. The van der Waals surface area contributed by atoms with Gasteiger partial charge in [-0.25, -0.2) is 4.98 Å². The molecule has 5 nitrogen and oxygen atoms in total. The molecule has 1 aliphatic heterocycles. The Morgan fingerprint density at radius 3 is 2.67 bits per heavy atom. The van der Waals surface area contributed by atoms with Crippen LogP contribution in [0, 0.1) is 6.92 Å². The summed E-state index contributed by atoms with van der Waals surface area (Å²) in [6.45, 7) is 11.5. The van der Waals surface area contributed by atoms with E-state index in [-0.39, 0.29) is 5.91 Å². The maximum Gasteiger partial charge on any atom is 0.223 e. The molecule has 6 heteroatoms. The number of aromatic nitrogens is 1. The van der Waals surface area contributed by atoms with E-state index in [1.807, 2.05) is 11.8 Å². The third kappa shape index (κ3) is 5.37. The number of aryl methyl sites for hydroxylation is 1. The van der Waals surface area contributed by atoms with Gasteiger partial charge in [-0.15, -0.1) is 11.3 Å². The summed E-state index contributed by atoms with van der Waals surface area (Å²) >= 11 is 1.70. The first-order chi connectivity index (χ1) is 10.0. The number of carbonyl (C=O) groups excluding carboxylic acids is 1. The molecule has 1 aromatic heterocycles. The Hall–Kier alpha value is -0.980. The summed E-state index contributed by atoms with van der Waals surface area (Å²) in [4.78, 5) is 21.0. The third-order valence-electron chi connectivity index (χ3n) is 3.67. The first-order valence-corrected chi connectivity index (χ1v) is 8.57. The summed E-state index contributed by atoms with van der Waals surface area (Å²) in [5.74, 6) is 0.271. The fourth-order valence-corrected chi connectivity index (χ4v) is 3.10. The Labute approximate surface area is 131 Å². The second kappa shape index (κ2) is 7.87. The van der Waals surface area contributed by atoms with Crippen LogP contribution < -0.4 is 5.32 Å². The maximum atomic E-state index is 12.1. The highest BCUT2D eigenvalue weighted by Crippen LogP contribution is 2.12. The van der Waals surface area contributed by atoms with E-state index in [2.05, 4.69) is 34.4 Å². The number of piperazine rings is 1. The lowest BCUT2D eigenvalue weighted by Gasteiger charge is -2.34. The van der Waals surface area contributed by atoms with Crippen LogP contribution in [0.15, 0.2) is 5.38 Å². The monoisotopic (exact) mass is 310 g/mol. The summed E-state index contributed by atoms with van der Waals surface area (Å²) < 4.78 is 0. The van der Waals surface area contributed by atoms with Gasteiger partial charge in [0.1, 0.15) is 0 Å². The zero-order valence-corrected chi connectivity index (χ0v) is 14.1. The van der Waals surface area contributed by atoms with Gasteiger partial charge in [0, 0.05) is 57.1 Å². The molecular formula is C15H26N4OS. The molecule has 0 radical (unpaired) electrons. The lowest BCUT2D eigenvalue weighted by atomic mass is 10.2. The number of hydrogen-bond donors (Lipinski definition) is 1. The molecule has 118 valence electrons. The Morgan fingerprint density at radius 1 is 1.38 bits per heavy atom. The highest BCUT2D eigenvalue weighted by molar-refractivity contribution is 7.09. The van der Waals surface area contributed by atoms with Gasteiger partial charge in [0.15, 0.2) is 0 Å². The second-order valence-electron chi connectivity index (χ2n) is 5.87. The van der Waals surface area contributed by atoms with E-state index in [1.54, 1.807) is 11.3 Å². The number of nitrogens with zero attached hydrogens (tertiary/aromatic N) is 3. The van der Waals surface area contributed by atoms with E-state index < -0.39 is 0 Å². The van der Waals surface area contributed by atoms with E-state index in [9.17, 15) is 4.79 Å². The zero-order chi connectivity index (χ0) is 15.2. The molecule has 2 heterocycles. The molecule has 0 saturated carbocycles. The van der Waals surface area contributed by atoms with Crippen molar-refractivity contribution in [2.75, 3.05) is 32.7 Å². The van der Waals surface area contributed by atoms with E-state index in [0.29, 0.717) is 12.5 Å². The topological polar surface area (TPSA) is 48.5 Å². The van der Waals surface area contributed by atoms with Crippen LogP contribution in [-0.2, 0) is 11.3 Å². The number of hydrogen-bond acceptors (Lipinski definition) is 5. The minimum absolute atomic E-state index is 0.271. The van der Waals surface area contributed by atoms with Gasteiger partial charge >= 0.3 is 0 Å². The average Bonchev–Trinajstić information content (AvgIpc) is 2.84. The Morgan fingerprint density at radius 2 is 2.10 bits per heavy atom. The molecule has 0 spiro atoms. The van der Waals surface area contributed by atoms with Crippen molar-refractivity contribution in [3.63, 3.8) is 0 Å². The molecule has 1 saturated heterocycles. The second-order valence-corrected chi connectivity index (χ2v) is 6.94. The summed E-state index contributed by atoms with van der Waals surface area (Å²) in [5, 5.41) is 6.55. The van der Waals surface area contributed by atoms with Gasteiger partial charge in [0.2, 0.25) is 5.91 Å². The molecule has 1 aromatic rings. The van der Waals surface area contributed by atoms with Gasteiger partial charge in [-0.3, -0.25) is 9.69 Å². The van der Waals surface area contributed by atoms with Crippen LogP contribution in [0.25, 0.3) is 0 Å². The van der Waals surface area contributed by atoms with Crippen molar-refractivity contribution in [2.24, 2.45) is 0 Å². The average molecular weight is 310 g/mol. The molecule has 0 atom stereocenters. The van der Waals surface area contributed by atoms with Crippen LogP contribution in [0.3, 0.4) is 0 Å². The van der Waals surface area contributed by atoms with E-state index in [0.717, 1.165) is 50.0 Å². The fourth-order valence-electron chi connectivity index (χ4n) is 2.49. The molecule has 0 bridgehead atoms. The van der Waals surface area contributed by atoms with Gasteiger partial charge in [-0.05, 0) is 6.92 Å². The molecule has 0 aromatic carbocycles. The molecular weight excluding hydrogens is 284 g/mol. The molecule has 2 rings (SSSR count). The number of amides is 1. The SMILES string of the molecule is Cc1nc(CN2CCN(C(=O)CCNC(C)C)CC2)cs1. The standard InChI is InChI=1S/C15H26N4OS/c1-12(2)16-5-4-15(20)19-8-6-18(7-9-19)10-14-11-21-13(3)17-14/h11-12,16H,4-10H2,1-3H3. The zero-order valence-electron chi connectivity index (χ0n) is 13.3. The number of rotatable bonds is 6. The minimum atomic E-state index is 0.271. The normalized spacial score (nSPS) is 16.7. The molecule has 0 unspecified atom stereocenters. The van der Waals surface area contributed by atoms with Crippen molar-refractivity contribution in [2.45, 2.75) is 39.8 Å². The van der Waals surface area contributed by atoms with E-state index in [4.69, 9.17) is 0 Å². The summed E-state index contributed by atoms with van der Waals surface area (Å²) in [5.41, 5.74) is 1.15. The van der Waals surface area contributed by atoms with Crippen molar-refractivity contribution in [3.8, 4) is 0 Å². The van der Waals surface area contributed by atoms with Gasteiger partial charge in [0.25, 0.3) is 0 Å². The van der Waals surface area contributed by atoms with Gasteiger partial charge in [-0.1, -0.05) is 13.8 Å². The molecule has 1 amide bonds. The number of thiazole rings is 1. The summed E-state index contributed by atoms with van der Waals surface area (Å²) in [7, 11) is 0. The van der Waals surface area contributed by atoms with Crippen LogP contribution in [0.4, 0.5) is 0 Å². The van der Waals surface area contributed by atoms with Crippen LogP contribution >= 0.6 is 11.3 Å². The smallest absolute Gasteiger partial charge is 0.223 e. The first kappa shape index (κ1) is 16.4. The third-order valence-corrected chi connectivity index (χ3v) is 4.49. The lowest BCUT2D eigenvalue weighted by molar-refractivity contribution is -0.132. The van der Waals surface area contributed by atoms with Crippen LogP contribution in [0.5, 0.6) is 0 Å². The molecule has 1 fully saturated rings. The first-order valence-electron chi connectivity index (χ1n) is 7.69. The highest BCUT2D eigenvalue weighted by atomic mass is 32.1. The lowest BCUT2D eigenvalue weighted by Crippen LogP contribution is -2.48. The van der Waals surface area contributed by atoms with E-state index >= 15 is 0 Å². The van der Waals surface area contributed by atoms with Crippen molar-refractivity contribution in [3.05, 3.63) is 16.1 Å². The largest absolute Gasteiger partial charge is 0.340 e. The van der Waals surface area contributed by atoms with Crippen molar-refractivity contribution in [1.82, 2.24) is 20.1 Å². The maximum absolute atomic E-state index is 12.1. The van der Waals surface area contributed by atoms with Crippen molar-refractivity contribution >= 4 is 17.2 Å². The highest BCUT2D eigenvalue weighted by Gasteiger charge is 2.21. The number of carbonyl (C=O) groups is 1. The molecule has 21 heavy (non-hydrogen) atoms. The van der Waals surface area contributed by atoms with Gasteiger partial charge < -0.3 is 10.2 Å². The summed E-state index contributed by atoms with van der Waals surface area (Å²) in [6.07, 6.45) is 0.601. The van der Waals surface area contributed by atoms with Crippen LogP contribution in [0.1, 0.15) is 31.0 Å². The van der Waals surface area contributed by atoms with E-state index in [1.165, 1.54) is 0 Å². The minimum Gasteiger partial charge on any atom is -0.340 e. The predicted molar refractivity (Wildman–Crippen MR) is 86.5 cm³/mol. The van der Waals surface area contributed by atoms with Crippen LogP contribution in [0.2, 0.25) is 0 Å². The van der Waals surface area contributed by atoms with Gasteiger partial charge in [-0.2, -0.15) is 0 Å². The fraction of sp³-hybridized carbons (Fsp3) is 0.733. The molecule has 0 aliphatic carbocycles. The van der Waals surface area contributed by atoms with Crippen LogP contribution in [-0.4, -0.2) is 59.5 Å². The predicted octanol–water partition coefficient (Wildman–Crippen LogP) is 1.48.